The average molecular weight is 388 g/mol. The van der Waals surface area contributed by atoms with Crippen molar-refractivity contribution in [3.63, 3.8) is 0 Å². The zero-order chi connectivity index (χ0) is 17.7. The summed E-state index contributed by atoms with van der Waals surface area (Å²) in [5, 5.41) is 10.5. The van der Waals surface area contributed by atoms with Crippen molar-refractivity contribution in [3.8, 4) is 0 Å². The van der Waals surface area contributed by atoms with Gasteiger partial charge in [0.05, 0.1) is 17.2 Å². The first-order valence-electron chi connectivity index (χ1n) is 7.57. The third-order valence-corrected chi connectivity index (χ3v) is 5.92. The van der Waals surface area contributed by atoms with Crippen LogP contribution in [0.2, 0.25) is 10.0 Å². The summed E-state index contributed by atoms with van der Waals surface area (Å²) in [4.78, 5) is 0.145. The molecule has 0 aromatic heterocycles. The van der Waals surface area contributed by atoms with Crippen molar-refractivity contribution in [3.05, 3.63) is 58.1 Å². The lowest BCUT2D eigenvalue weighted by Gasteiger charge is -2.26. The van der Waals surface area contributed by atoms with Gasteiger partial charge in [-0.3, -0.25) is 4.31 Å². The molecule has 0 aliphatic heterocycles. The fourth-order valence-corrected chi connectivity index (χ4v) is 4.13. The van der Waals surface area contributed by atoms with Gasteiger partial charge >= 0.3 is 0 Å². The van der Waals surface area contributed by atoms with Gasteiger partial charge in [0.25, 0.3) is 10.0 Å². The van der Waals surface area contributed by atoms with E-state index in [1.807, 2.05) is 6.92 Å². The Hall–Kier alpha value is -1.27. The lowest BCUT2D eigenvalue weighted by Crippen LogP contribution is -2.32. The summed E-state index contributed by atoms with van der Waals surface area (Å²) in [6.07, 6.45) is 1.52. The standard InChI is InChI=1S/C17H19Cl2NO3S/c1-2-3-10-20(17-11-15(19)5-4-13(17)12-21)24(22,23)16-8-6-14(18)7-9-16/h4-9,11,21H,2-3,10,12H2,1H3. The minimum absolute atomic E-state index is 0.145. The maximum atomic E-state index is 13.1. The van der Waals surface area contributed by atoms with Crippen molar-refractivity contribution >= 4 is 38.9 Å². The van der Waals surface area contributed by atoms with E-state index in [0.29, 0.717) is 34.3 Å². The highest BCUT2D eigenvalue weighted by Gasteiger charge is 2.26. The summed E-state index contributed by atoms with van der Waals surface area (Å²) in [5.41, 5.74) is 0.904. The van der Waals surface area contributed by atoms with Crippen LogP contribution in [0.15, 0.2) is 47.4 Å². The molecular weight excluding hydrogens is 369 g/mol. The van der Waals surface area contributed by atoms with E-state index in [-0.39, 0.29) is 11.5 Å². The zero-order valence-electron chi connectivity index (χ0n) is 13.2. The summed E-state index contributed by atoms with van der Waals surface area (Å²) in [6.45, 7) is 2.01. The third kappa shape index (κ3) is 4.22. The van der Waals surface area contributed by atoms with E-state index < -0.39 is 10.0 Å². The molecule has 4 nitrogen and oxygen atoms in total. The number of hydrogen-bond donors (Lipinski definition) is 1. The van der Waals surface area contributed by atoms with E-state index in [2.05, 4.69) is 0 Å². The van der Waals surface area contributed by atoms with Crippen LogP contribution in [-0.4, -0.2) is 20.1 Å². The van der Waals surface area contributed by atoms with Crippen molar-refractivity contribution in [2.24, 2.45) is 0 Å². The summed E-state index contributed by atoms with van der Waals surface area (Å²) >= 11 is 11.9. The Bertz CT molecular complexity index is 792. The molecule has 0 bridgehead atoms. The molecule has 0 saturated carbocycles. The fourth-order valence-electron chi connectivity index (χ4n) is 2.31. The molecule has 7 heteroatoms. The van der Waals surface area contributed by atoms with Gasteiger partial charge in [0.1, 0.15) is 0 Å². The number of aliphatic hydroxyl groups excluding tert-OH is 1. The Kier molecular flexibility index (Phi) is 6.52. The monoisotopic (exact) mass is 387 g/mol. The molecule has 130 valence electrons. The van der Waals surface area contributed by atoms with E-state index in [4.69, 9.17) is 23.2 Å². The molecule has 2 aromatic carbocycles. The topological polar surface area (TPSA) is 57.6 Å². The first-order valence-corrected chi connectivity index (χ1v) is 9.77. The molecule has 0 amide bonds. The van der Waals surface area contributed by atoms with Crippen LogP contribution >= 0.6 is 23.2 Å². The summed E-state index contributed by atoms with van der Waals surface area (Å²) in [7, 11) is -3.79. The van der Waals surface area contributed by atoms with Gasteiger partial charge in [-0.2, -0.15) is 0 Å². The van der Waals surface area contributed by atoms with Gasteiger partial charge in [0.2, 0.25) is 0 Å². The van der Waals surface area contributed by atoms with E-state index >= 15 is 0 Å². The average Bonchev–Trinajstić information content (AvgIpc) is 2.55. The quantitative estimate of drug-likeness (QED) is 0.761. The number of sulfonamides is 1. The summed E-state index contributed by atoms with van der Waals surface area (Å²) in [6, 6.07) is 10.8. The van der Waals surface area contributed by atoms with Crippen LogP contribution in [0.25, 0.3) is 0 Å². The molecule has 0 aliphatic carbocycles. The zero-order valence-corrected chi connectivity index (χ0v) is 15.6. The predicted molar refractivity (Wildman–Crippen MR) is 98.3 cm³/mol. The molecule has 0 saturated heterocycles. The molecule has 2 aromatic rings. The number of hydrogen-bond acceptors (Lipinski definition) is 3. The SMILES string of the molecule is CCCCN(c1cc(Cl)ccc1CO)S(=O)(=O)c1ccc(Cl)cc1. The van der Waals surface area contributed by atoms with Crippen molar-refractivity contribution < 1.29 is 13.5 Å². The van der Waals surface area contributed by atoms with Gasteiger partial charge in [0, 0.05) is 22.2 Å². The van der Waals surface area contributed by atoms with Gasteiger partial charge in [0.15, 0.2) is 0 Å². The molecule has 0 radical (unpaired) electrons. The Balaban J connectivity index is 2.56. The van der Waals surface area contributed by atoms with E-state index in [0.717, 1.165) is 6.42 Å². The number of aliphatic hydroxyl groups is 1. The van der Waals surface area contributed by atoms with Gasteiger partial charge in [-0.05, 0) is 42.8 Å². The van der Waals surface area contributed by atoms with Crippen LogP contribution in [-0.2, 0) is 16.6 Å². The summed E-state index contributed by atoms with van der Waals surface area (Å²) in [5.74, 6) is 0. The maximum absolute atomic E-state index is 13.1. The Morgan fingerprint density at radius 2 is 1.67 bits per heavy atom. The number of nitrogens with zero attached hydrogens (tertiary/aromatic N) is 1. The lowest BCUT2D eigenvalue weighted by atomic mass is 10.2. The highest BCUT2D eigenvalue weighted by molar-refractivity contribution is 7.92. The van der Waals surface area contributed by atoms with Crippen LogP contribution < -0.4 is 4.31 Å². The summed E-state index contributed by atoms with van der Waals surface area (Å²) < 4.78 is 27.5. The first kappa shape index (κ1) is 19.1. The van der Waals surface area contributed by atoms with Crippen LogP contribution in [0, 0.1) is 0 Å². The van der Waals surface area contributed by atoms with Gasteiger partial charge in [-0.25, -0.2) is 8.42 Å². The first-order chi connectivity index (χ1) is 11.4. The molecule has 0 atom stereocenters. The molecule has 2 rings (SSSR count). The molecule has 0 unspecified atom stereocenters. The minimum Gasteiger partial charge on any atom is -0.392 e. The number of anilines is 1. The third-order valence-electron chi connectivity index (χ3n) is 3.60. The second-order valence-corrected chi connectivity index (χ2v) is 8.05. The molecule has 0 heterocycles. The molecular formula is C17H19Cl2NO3S. The number of halogens is 2. The molecule has 1 N–H and O–H groups in total. The number of rotatable bonds is 7. The normalized spacial score (nSPS) is 11.5. The van der Waals surface area contributed by atoms with Crippen LogP contribution in [0.4, 0.5) is 5.69 Å². The Morgan fingerprint density at radius 1 is 1.04 bits per heavy atom. The molecule has 24 heavy (non-hydrogen) atoms. The van der Waals surface area contributed by atoms with Crippen LogP contribution in [0.3, 0.4) is 0 Å². The highest BCUT2D eigenvalue weighted by atomic mass is 35.5. The van der Waals surface area contributed by atoms with Crippen molar-refractivity contribution in [1.82, 2.24) is 0 Å². The van der Waals surface area contributed by atoms with Crippen molar-refractivity contribution in [2.45, 2.75) is 31.3 Å². The molecule has 0 fully saturated rings. The predicted octanol–water partition coefficient (Wildman–Crippen LogP) is 4.48. The second kappa shape index (κ2) is 8.21. The van der Waals surface area contributed by atoms with Crippen molar-refractivity contribution in [2.75, 3.05) is 10.8 Å². The van der Waals surface area contributed by atoms with Gasteiger partial charge in [-0.1, -0.05) is 42.6 Å². The largest absolute Gasteiger partial charge is 0.392 e. The highest BCUT2D eigenvalue weighted by Crippen LogP contribution is 2.30. The van der Waals surface area contributed by atoms with Gasteiger partial charge < -0.3 is 5.11 Å². The van der Waals surface area contributed by atoms with Crippen LogP contribution in [0.1, 0.15) is 25.3 Å². The van der Waals surface area contributed by atoms with E-state index in [1.54, 1.807) is 18.2 Å². The molecule has 0 aliphatic rings. The van der Waals surface area contributed by atoms with Crippen LogP contribution in [0.5, 0.6) is 0 Å². The Labute approximate surface area is 152 Å². The van der Waals surface area contributed by atoms with E-state index in [9.17, 15) is 13.5 Å². The van der Waals surface area contributed by atoms with Crippen molar-refractivity contribution in [1.29, 1.82) is 0 Å². The van der Waals surface area contributed by atoms with Gasteiger partial charge in [-0.15, -0.1) is 0 Å². The minimum atomic E-state index is -3.79. The smallest absolute Gasteiger partial charge is 0.264 e. The molecule has 0 spiro atoms. The maximum Gasteiger partial charge on any atom is 0.264 e. The second-order valence-electron chi connectivity index (χ2n) is 5.32. The van der Waals surface area contributed by atoms with E-state index in [1.165, 1.54) is 28.6 Å². The number of benzene rings is 2. The fraction of sp³-hybridized carbons (Fsp3) is 0.294. The number of unbranched alkanes of at least 4 members (excludes halogenated alkanes) is 1. The lowest BCUT2D eigenvalue weighted by molar-refractivity contribution is 0.282. The Morgan fingerprint density at radius 3 is 2.25 bits per heavy atom.